The minimum absolute atomic E-state index is 0.664. The summed E-state index contributed by atoms with van der Waals surface area (Å²) in [4.78, 5) is 0. The van der Waals surface area contributed by atoms with E-state index in [4.69, 9.17) is 6.42 Å². The summed E-state index contributed by atoms with van der Waals surface area (Å²) in [5.41, 5.74) is 0. The van der Waals surface area contributed by atoms with Crippen LogP contribution in [0.1, 0.15) is 6.42 Å². The van der Waals surface area contributed by atoms with Gasteiger partial charge in [0, 0.05) is 6.42 Å². The molecule has 6 heavy (non-hydrogen) atoms. The molecule has 34 valence electrons. The minimum atomic E-state index is 0.664. The Hall–Kier alpha value is 0.250. The van der Waals surface area contributed by atoms with Gasteiger partial charge in [-0.2, -0.15) is 0 Å². The van der Waals surface area contributed by atoms with Crippen molar-refractivity contribution in [2.75, 3.05) is 6.61 Å². The van der Waals surface area contributed by atoms with E-state index in [0.29, 0.717) is 13.0 Å². The number of terminal acetylenes is 1. The third-order valence-corrected chi connectivity index (χ3v) is 0.764. The molecular formula is C4H5IO. The highest BCUT2D eigenvalue weighted by Gasteiger charge is 1.72. The van der Waals surface area contributed by atoms with Gasteiger partial charge in [0.05, 0.1) is 6.61 Å². The molecule has 0 fully saturated rings. The largest absolute Gasteiger partial charge is 0.315 e. The highest BCUT2D eigenvalue weighted by atomic mass is 127. The second kappa shape index (κ2) is 5.25. The number of rotatable bonds is 2. The summed E-state index contributed by atoms with van der Waals surface area (Å²) in [6.45, 7) is 0.664. The Bertz CT molecular complexity index is 55.1. The molecule has 0 saturated carbocycles. The molecule has 0 aliphatic rings. The molecule has 0 radical (unpaired) electrons. The molecule has 0 spiro atoms. The van der Waals surface area contributed by atoms with Crippen LogP contribution in [0.5, 0.6) is 0 Å². The van der Waals surface area contributed by atoms with E-state index in [1.807, 2.05) is 23.0 Å². The van der Waals surface area contributed by atoms with E-state index >= 15 is 0 Å². The predicted molar refractivity (Wildman–Crippen MR) is 33.4 cm³/mol. The Morgan fingerprint density at radius 3 is 2.67 bits per heavy atom. The Morgan fingerprint density at radius 2 is 2.50 bits per heavy atom. The first-order valence-electron chi connectivity index (χ1n) is 1.59. The van der Waals surface area contributed by atoms with Gasteiger partial charge in [0.1, 0.15) is 23.0 Å². The lowest BCUT2D eigenvalue weighted by Gasteiger charge is -1.81. The van der Waals surface area contributed by atoms with Crippen LogP contribution in [0.4, 0.5) is 0 Å². The fourth-order valence-electron chi connectivity index (χ4n) is 0.0975. The van der Waals surface area contributed by atoms with Crippen molar-refractivity contribution < 1.29 is 3.07 Å². The van der Waals surface area contributed by atoms with E-state index in [1.165, 1.54) is 0 Å². The van der Waals surface area contributed by atoms with Gasteiger partial charge in [-0.15, -0.1) is 12.3 Å². The van der Waals surface area contributed by atoms with Crippen LogP contribution in [0.25, 0.3) is 0 Å². The second-order valence-electron chi connectivity index (χ2n) is 0.767. The Kier molecular flexibility index (Phi) is 5.47. The van der Waals surface area contributed by atoms with E-state index in [9.17, 15) is 0 Å². The maximum absolute atomic E-state index is 4.88. The van der Waals surface area contributed by atoms with E-state index < -0.39 is 0 Å². The van der Waals surface area contributed by atoms with Crippen LogP contribution < -0.4 is 0 Å². The van der Waals surface area contributed by atoms with Crippen LogP contribution in [0.3, 0.4) is 0 Å². The Labute approximate surface area is 51.8 Å². The van der Waals surface area contributed by atoms with Crippen LogP contribution >= 0.6 is 23.0 Å². The van der Waals surface area contributed by atoms with Crippen molar-refractivity contribution in [3.63, 3.8) is 0 Å². The number of halogens is 1. The number of hydrogen-bond acceptors (Lipinski definition) is 1. The fourth-order valence-corrected chi connectivity index (χ4v) is 0.318. The van der Waals surface area contributed by atoms with Gasteiger partial charge < -0.3 is 3.07 Å². The standard InChI is InChI=1S/C4H5IO/c1-2-3-4-6-5/h1H,3-4H2. The van der Waals surface area contributed by atoms with Crippen LogP contribution in [-0.4, -0.2) is 6.61 Å². The molecular weight excluding hydrogens is 191 g/mol. The first kappa shape index (κ1) is 6.25. The normalized spacial score (nSPS) is 7.33. The quantitative estimate of drug-likeness (QED) is 0.368. The molecule has 0 rings (SSSR count). The van der Waals surface area contributed by atoms with Crippen molar-refractivity contribution in [1.82, 2.24) is 0 Å². The SMILES string of the molecule is C#CCCOI. The van der Waals surface area contributed by atoms with Gasteiger partial charge in [-0.1, -0.05) is 0 Å². The topological polar surface area (TPSA) is 9.23 Å². The summed E-state index contributed by atoms with van der Waals surface area (Å²) in [5, 5.41) is 0. The van der Waals surface area contributed by atoms with Crippen molar-refractivity contribution in [1.29, 1.82) is 0 Å². The van der Waals surface area contributed by atoms with Gasteiger partial charge in [-0.25, -0.2) is 0 Å². The monoisotopic (exact) mass is 196 g/mol. The smallest absolute Gasteiger partial charge is 0.109 e. The third-order valence-electron chi connectivity index (χ3n) is 0.324. The summed E-state index contributed by atoms with van der Waals surface area (Å²) in [6.07, 6.45) is 5.59. The zero-order chi connectivity index (χ0) is 4.83. The molecule has 0 aromatic rings. The molecule has 0 heterocycles. The van der Waals surface area contributed by atoms with E-state index in [-0.39, 0.29) is 0 Å². The van der Waals surface area contributed by atoms with Gasteiger partial charge in [0.15, 0.2) is 0 Å². The van der Waals surface area contributed by atoms with E-state index in [2.05, 4.69) is 8.99 Å². The molecule has 0 amide bonds. The van der Waals surface area contributed by atoms with Crippen molar-refractivity contribution in [3.05, 3.63) is 0 Å². The van der Waals surface area contributed by atoms with Crippen molar-refractivity contribution in [2.45, 2.75) is 6.42 Å². The van der Waals surface area contributed by atoms with Gasteiger partial charge in [0.2, 0.25) is 0 Å². The van der Waals surface area contributed by atoms with Gasteiger partial charge in [-0.3, -0.25) is 0 Å². The zero-order valence-corrected chi connectivity index (χ0v) is 5.44. The summed E-state index contributed by atoms with van der Waals surface area (Å²) >= 11 is 1.82. The maximum atomic E-state index is 4.88. The molecule has 0 unspecified atom stereocenters. The highest BCUT2D eigenvalue weighted by molar-refractivity contribution is 14.1. The molecule has 2 heteroatoms. The predicted octanol–water partition coefficient (Wildman–Crippen LogP) is 1.38. The van der Waals surface area contributed by atoms with Gasteiger partial charge in [0.25, 0.3) is 0 Å². The molecule has 1 nitrogen and oxygen atoms in total. The van der Waals surface area contributed by atoms with Crippen molar-refractivity contribution in [2.24, 2.45) is 0 Å². The third kappa shape index (κ3) is 4.25. The van der Waals surface area contributed by atoms with Crippen molar-refractivity contribution >= 4 is 23.0 Å². The Morgan fingerprint density at radius 1 is 1.83 bits per heavy atom. The fraction of sp³-hybridized carbons (Fsp3) is 0.500. The Balaban J connectivity index is 2.54. The zero-order valence-electron chi connectivity index (χ0n) is 3.28. The van der Waals surface area contributed by atoms with Gasteiger partial charge in [-0.05, 0) is 0 Å². The van der Waals surface area contributed by atoms with Crippen LogP contribution in [0, 0.1) is 12.3 Å². The van der Waals surface area contributed by atoms with E-state index in [0.717, 1.165) is 0 Å². The second-order valence-corrected chi connectivity index (χ2v) is 1.39. The molecule has 0 aliphatic heterocycles. The van der Waals surface area contributed by atoms with Crippen LogP contribution in [0.2, 0.25) is 0 Å². The van der Waals surface area contributed by atoms with E-state index in [1.54, 1.807) is 0 Å². The molecule has 0 aliphatic carbocycles. The highest BCUT2D eigenvalue weighted by Crippen LogP contribution is 1.85. The molecule has 0 N–H and O–H groups in total. The summed E-state index contributed by atoms with van der Waals surface area (Å²) in [7, 11) is 0. The first-order valence-corrected chi connectivity index (χ1v) is 2.47. The summed E-state index contributed by atoms with van der Waals surface area (Å²) in [6, 6.07) is 0. The molecule has 0 atom stereocenters. The lowest BCUT2D eigenvalue weighted by Crippen LogP contribution is -1.76. The average Bonchev–Trinajstić information content (AvgIpc) is 1.61. The maximum Gasteiger partial charge on any atom is 0.109 e. The number of hydrogen-bond donors (Lipinski definition) is 0. The van der Waals surface area contributed by atoms with Gasteiger partial charge >= 0.3 is 0 Å². The van der Waals surface area contributed by atoms with Crippen molar-refractivity contribution in [3.8, 4) is 12.3 Å². The average molecular weight is 196 g/mol. The summed E-state index contributed by atoms with van der Waals surface area (Å²) in [5.74, 6) is 2.44. The first-order chi connectivity index (χ1) is 2.91. The molecule has 0 aromatic heterocycles. The lowest BCUT2D eigenvalue weighted by molar-refractivity contribution is 0.440. The van der Waals surface area contributed by atoms with Crippen LogP contribution in [0.15, 0.2) is 0 Å². The van der Waals surface area contributed by atoms with Crippen LogP contribution in [-0.2, 0) is 3.07 Å². The molecule has 0 bridgehead atoms. The minimum Gasteiger partial charge on any atom is -0.315 e. The molecule has 0 aromatic carbocycles. The lowest BCUT2D eigenvalue weighted by atomic mass is 10.5. The summed E-state index contributed by atoms with van der Waals surface area (Å²) < 4.78 is 4.61. The molecule has 0 saturated heterocycles.